The molecule has 4 heteroatoms. The summed E-state index contributed by atoms with van der Waals surface area (Å²) in [7, 11) is 0. The molecule has 17 heavy (non-hydrogen) atoms. The van der Waals surface area contributed by atoms with Gasteiger partial charge in [-0.2, -0.15) is 0 Å². The molecule has 0 spiro atoms. The number of phenolic OH excluding ortho intramolecular Hbond substituents is 2. The van der Waals surface area contributed by atoms with Crippen LogP contribution in [-0.4, -0.2) is 10.2 Å². The zero-order chi connectivity index (χ0) is 11.7. The van der Waals surface area contributed by atoms with Gasteiger partial charge in [0, 0.05) is 21.2 Å². The summed E-state index contributed by atoms with van der Waals surface area (Å²) >= 11 is 11.7. The van der Waals surface area contributed by atoms with E-state index in [0.717, 1.165) is 0 Å². The highest BCUT2D eigenvalue weighted by atomic mass is 35.5. The van der Waals surface area contributed by atoms with Crippen LogP contribution in [0.5, 0.6) is 11.5 Å². The van der Waals surface area contributed by atoms with Gasteiger partial charge in [0.15, 0.2) is 0 Å². The summed E-state index contributed by atoms with van der Waals surface area (Å²) in [5, 5.41) is 20.3. The highest BCUT2D eigenvalue weighted by molar-refractivity contribution is 6.31. The average Bonchev–Trinajstić information content (AvgIpc) is 2.25. The highest BCUT2D eigenvalue weighted by Gasteiger charge is 2.10. The molecule has 2 rings (SSSR count). The normalized spacial score (nSPS) is 9.76. The molecule has 2 N–H and O–H groups in total. The summed E-state index contributed by atoms with van der Waals surface area (Å²) in [6, 6.07) is 9.23. The maximum atomic E-state index is 9.69. The van der Waals surface area contributed by atoms with E-state index in [1.807, 2.05) is 0 Å². The molecule has 0 heterocycles. The molecule has 0 amide bonds. The molecule has 2 aromatic rings. The van der Waals surface area contributed by atoms with E-state index in [1.54, 1.807) is 24.3 Å². The number of aromatic hydroxyl groups is 2. The quantitative estimate of drug-likeness (QED) is 0.788. The highest BCUT2D eigenvalue weighted by Crippen LogP contribution is 2.38. The lowest BCUT2D eigenvalue weighted by Gasteiger charge is -2.08. The van der Waals surface area contributed by atoms with E-state index < -0.39 is 0 Å². The molecule has 2 aromatic carbocycles. The molecule has 0 aliphatic carbocycles. The van der Waals surface area contributed by atoms with Crippen LogP contribution in [0, 0.1) is 0 Å². The Morgan fingerprint density at radius 2 is 1.06 bits per heavy atom. The monoisotopic (exact) mass is 270 g/mol. The predicted molar refractivity (Wildman–Crippen MR) is 72.0 cm³/mol. The molecule has 0 radical (unpaired) electrons. The van der Waals surface area contributed by atoms with Crippen molar-refractivity contribution in [3.8, 4) is 22.6 Å². The van der Waals surface area contributed by atoms with Gasteiger partial charge in [-0.25, -0.2) is 0 Å². The number of halogens is 2. The van der Waals surface area contributed by atoms with Gasteiger partial charge in [0.1, 0.15) is 11.5 Å². The van der Waals surface area contributed by atoms with E-state index in [-0.39, 0.29) is 18.9 Å². The van der Waals surface area contributed by atoms with E-state index >= 15 is 0 Å². The smallest absolute Gasteiger partial charge is 0.123 e. The molecule has 0 aliphatic rings. The van der Waals surface area contributed by atoms with Gasteiger partial charge in [0.25, 0.3) is 0 Å². The van der Waals surface area contributed by atoms with Gasteiger partial charge in [-0.3, -0.25) is 0 Å². The van der Waals surface area contributed by atoms with E-state index in [4.69, 9.17) is 23.2 Å². The molecule has 0 unspecified atom stereocenters. The second-order valence-electron chi connectivity index (χ2n) is 3.32. The second-order valence-corrected chi connectivity index (χ2v) is 4.20. The lowest BCUT2D eigenvalue weighted by molar-refractivity contribution is 0.469. The summed E-state index contributed by atoms with van der Waals surface area (Å²) in [4.78, 5) is 0. The first-order valence-corrected chi connectivity index (χ1v) is 5.31. The van der Waals surface area contributed by atoms with Crippen molar-refractivity contribution in [3.05, 3.63) is 46.4 Å². The first-order valence-electron chi connectivity index (χ1n) is 4.55. The Hall–Kier alpha value is -1.38. The van der Waals surface area contributed by atoms with E-state index in [1.165, 1.54) is 12.1 Å². The van der Waals surface area contributed by atoms with Crippen molar-refractivity contribution >= 4 is 23.2 Å². The van der Waals surface area contributed by atoms with Crippen molar-refractivity contribution in [3.63, 3.8) is 0 Å². The third kappa shape index (κ3) is 2.84. The largest absolute Gasteiger partial charge is 0.507 e. The summed E-state index contributed by atoms with van der Waals surface area (Å²) in [6.45, 7) is 0. The van der Waals surface area contributed by atoms with Crippen LogP contribution in [0.15, 0.2) is 36.4 Å². The Morgan fingerprint density at radius 1 is 0.706 bits per heavy atom. The van der Waals surface area contributed by atoms with Crippen LogP contribution in [0.3, 0.4) is 0 Å². The third-order valence-corrected chi connectivity index (χ3v) is 2.68. The third-order valence-electron chi connectivity index (χ3n) is 2.21. The van der Waals surface area contributed by atoms with E-state index in [9.17, 15) is 10.2 Å². The van der Waals surface area contributed by atoms with E-state index in [0.29, 0.717) is 21.2 Å². The van der Waals surface area contributed by atoms with Gasteiger partial charge in [-0.1, -0.05) is 30.6 Å². The standard InChI is InChI=1S/C12H8Cl2O2.CH4/c13-7-1-3-11(15)9(5-7)10-6-8(14)2-4-12(10)16;/h1-6,15-16H;1H4. The van der Waals surface area contributed by atoms with Crippen molar-refractivity contribution < 1.29 is 10.2 Å². The number of hydrogen-bond acceptors (Lipinski definition) is 2. The Labute approximate surface area is 110 Å². The van der Waals surface area contributed by atoms with Gasteiger partial charge < -0.3 is 10.2 Å². The number of hydrogen-bond donors (Lipinski definition) is 2. The molecular weight excluding hydrogens is 259 g/mol. The molecule has 90 valence electrons. The van der Waals surface area contributed by atoms with Crippen molar-refractivity contribution in [1.29, 1.82) is 0 Å². The summed E-state index contributed by atoms with van der Waals surface area (Å²) < 4.78 is 0. The summed E-state index contributed by atoms with van der Waals surface area (Å²) in [5.74, 6) is 0.0870. The minimum absolute atomic E-state index is 0. The van der Waals surface area contributed by atoms with Gasteiger partial charge >= 0.3 is 0 Å². The van der Waals surface area contributed by atoms with Crippen LogP contribution < -0.4 is 0 Å². The summed E-state index contributed by atoms with van der Waals surface area (Å²) in [6.07, 6.45) is 0. The van der Waals surface area contributed by atoms with Crippen molar-refractivity contribution in [2.24, 2.45) is 0 Å². The maximum absolute atomic E-state index is 9.69. The SMILES string of the molecule is C.Oc1ccc(Cl)cc1-c1cc(Cl)ccc1O. The van der Waals surface area contributed by atoms with E-state index in [2.05, 4.69) is 0 Å². The molecule has 0 aliphatic heterocycles. The average molecular weight is 271 g/mol. The molecule has 0 saturated carbocycles. The molecule has 0 atom stereocenters. The van der Waals surface area contributed by atoms with Crippen molar-refractivity contribution in [2.45, 2.75) is 7.43 Å². The fraction of sp³-hybridized carbons (Fsp3) is 0.0769. The number of benzene rings is 2. The fourth-order valence-electron chi connectivity index (χ4n) is 1.45. The minimum Gasteiger partial charge on any atom is -0.507 e. The van der Waals surface area contributed by atoms with Crippen LogP contribution in [0.2, 0.25) is 10.0 Å². The lowest BCUT2D eigenvalue weighted by Crippen LogP contribution is -1.81. The Bertz CT molecular complexity index is 489. The minimum atomic E-state index is 0. The molecule has 0 saturated heterocycles. The zero-order valence-electron chi connectivity index (χ0n) is 8.11. The number of rotatable bonds is 1. The topological polar surface area (TPSA) is 40.5 Å². The van der Waals surface area contributed by atoms with Crippen LogP contribution in [-0.2, 0) is 0 Å². The zero-order valence-corrected chi connectivity index (χ0v) is 9.63. The molecule has 0 bridgehead atoms. The van der Waals surface area contributed by atoms with Crippen LogP contribution in [0.25, 0.3) is 11.1 Å². The Balaban J connectivity index is 0.00000144. The van der Waals surface area contributed by atoms with Crippen LogP contribution >= 0.6 is 23.2 Å². The Morgan fingerprint density at radius 3 is 1.41 bits per heavy atom. The van der Waals surface area contributed by atoms with Crippen LogP contribution in [0.4, 0.5) is 0 Å². The van der Waals surface area contributed by atoms with Gasteiger partial charge in [-0.05, 0) is 36.4 Å². The molecular formula is C13H12Cl2O2. The first kappa shape index (κ1) is 13.7. The fourth-order valence-corrected chi connectivity index (χ4v) is 1.79. The first-order chi connectivity index (χ1) is 7.58. The van der Waals surface area contributed by atoms with Crippen molar-refractivity contribution in [1.82, 2.24) is 0 Å². The van der Waals surface area contributed by atoms with Crippen molar-refractivity contribution in [2.75, 3.05) is 0 Å². The molecule has 0 fully saturated rings. The lowest BCUT2D eigenvalue weighted by atomic mass is 10.0. The van der Waals surface area contributed by atoms with Crippen LogP contribution in [0.1, 0.15) is 7.43 Å². The van der Waals surface area contributed by atoms with Gasteiger partial charge in [-0.15, -0.1) is 0 Å². The summed E-state index contributed by atoms with van der Waals surface area (Å²) in [5.41, 5.74) is 0.903. The molecule has 2 nitrogen and oxygen atoms in total. The molecule has 0 aromatic heterocycles. The number of phenols is 2. The second kappa shape index (κ2) is 5.30. The Kier molecular flexibility index (Phi) is 4.27. The van der Waals surface area contributed by atoms with Gasteiger partial charge in [0.05, 0.1) is 0 Å². The predicted octanol–water partition coefficient (Wildman–Crippen LogP) is 4.71. The maximum Gasteiger partial charge on any atom is 0.123 e. The van der Waals surface area contributed by atoms with Gasteiger partial charge in [0.2, 0.25) is 0 Å².